The number of likely N-dealkylation sites (tertiary alicyclic amines) is 1. The van der Waals surface area contributed by atoms with Crippen LogP contribution in [0.4, 0.5) is 21.2 Å². The fraction of sp³-hybridized carbons (Fsp3) is 0.516. The first-order valence-corrected chi connectivity index (χ1v) is 16.2. The lowest BCUT2D eigenvalue weighted by molar-refractivity contribution is -0.136. The number of carbonyl (C=O) groups is 1. The summed E-state index contributed by atoms with van der Waals surface area (Å²) in [5.74, 6) is -1.27. The molecular formula is C31H41ClFN7O2S. The van der Waals surface area contributed by atoms with Gasteiger partial charge in [-0.15, -0.1) is 0 Å². The van der Waals surface area contributed by atoms with Crippen molar-refractivity contribution >= 4 is 51.4 Å². The second-order valence-electron chi connectivity index (χ2n) is 10.8. The Labute approximate surface area is 262 Å². The van der Waals surface area contributed by atoms with Gasteiger partial charge in [-0.2, -0.15) is 4.39 Å². The molecule has 3 heterocycles. The van der Waals surface area contributed by atoms with Gasteiger partial charge >= 0.3 is 5.97 Å². The molecule has 1 aromatic carbocycles. The summed E-state index contributed by atoms with van der Waals surface area (Å²) in [4.78, 5) is 34.0. The Morgan fingerprint density at radius 1 is 1.28 bits per heavy atom. The van der Waals surface area contributed by atoms with Crippen LogP contribution in [0, 0.1) is 5.82 Å². The Balaban J connectivity index is 1.64. The average Bonchev–Trinajstić information content (AvgIpc) is 3.60. The van der Waals surface area contributed by atoms with Crippen molar-refractivity contribution in [3.63, 3.8) is 0 Å². The molecule has 0 saturated carbocycles. The van der Waals surface area contributed by atoms with E-state index in [0.29, 0.717) is 35.0 Å². The number of hydrogen-bond donors (Lipinski definition) is 2. The lowest BCUT2D eigenvalue weighted by atomic mass is 10.1. The maximum atomic E-state index is 16.0. The van der Waals surface area contributed by atoms with E-state index >= 15 is 4.39 Å². The van der Waals surface area contributed by atoms with Gasteiger partial charge in [0.25, 0.3) is 0 Å². The largest absolute Gasteiger partial charge is 0.481 e. The molecule has 1 saturated heterocycles. The van der Waals surface area contributed by atoms with Crippen LogP contribution < -0.4 is 10.2 Å². The molecule has 0 bridgehead atoms. The molecule has 2 N–H and O–H groups in total. The molecule has 1 atom stereocenters. The minimum Gasteiger partial charge on any atom is -0.481 e. The number of aliphatic imine (C=N–C) groups is 1. The first-order valence-electron chi connectivity index (χ1n) is 15.0. The number of hydrogen-bond acceptors (Lipinski definition) is 9. The van der Waals surface area contributed by atoms with E-state index in [0.717, 1.165) is 54.0 Å². The van der Waals surface area contributed by atoms with E-state index in [4.69, 9.17) is 21.7 Å². The predicted molar refractivity (Wildman–Crippen MR) is 174 cm³/mol. The Hall–Kier alpha value is -3.15. The monoisotopic (exact) mass is 629 g/mol. The Bertz CT molecular complexity index is 1430. The number of rotatable bonds is 15. The zero-order chi connectivity index (χ0) is 30.9. The third kappa shape index (κ3) is 8.70. The van der Waals surface area contributed by atoms with Crippen LogP contribution in [0.3, 0.4) is 0 Å². The van der Waals surface area contributed by atoms with Gasteiger partial charge in [-0.25, -0.2) is 15.0 Å². The van der Waals surface area contributed by atoms with Crippen molar-refractivity contribution in [3.05, 3.63) is 45.8 Å². The molecule has 12 heteroatoms. The Morgan fingerprint density at radius 2 is 2.09 bits per heavy atom. The third-order valence-electron chi connectivity index (χ3n) is 7.57. The van der Waals surface area contributed by atoms with Gasteiger partial charge in [-0.3, -0.25) is 14.7 Å². The fourth-order valence-corrected chi connectivity index (χ4v) is 6.71. The smallest absolute Gasteiger partial charge is 0.305 e. The first kappa shape index (κ1) is 32.8. The maximum Gasteiger partial charge on any atom is 0.305 e. The van der Waals surface area contributed by atoms with Crippen molar-refractivity contribution in [3.8, 4) is 11.3 Å². The number of nitrogens with one attached hydrogen (secondary N) is 1. The van der Waals surface area contributed by atoms with Crippen LogP contribution in [0.15, 0.2) is 29.5 Å². The van der Waals surface area contributed by atoms with Gasteiger partial charge in [0.2, 0.25) is 5.82 Å². The number of anilines is 3. The number of carboxylic acid groups (broad SMARTS) is 1. The highest BCUT2D eigenvalue weighted by atomic mass is 35.5. The quantitative estimate of drug-likeness (QED) is 0.170. The van der Waals surface area contributed by atoms with E-state index in [9.17, 15) is 4.79 Å². The molecule has 9 nitrogen and oxygen atoms in total. The molecule has 232 valence electrons. The van der Waals surface area contributed by atoms with Gasteiger partial charge in [0.15, 0.2) is 16.8 Å². The number of thiazole rings is 1. The van der Waals surface area contributed by atoms with Crippen LogP contribution in [-0.2, 0) is 17.8 Å². The summed E-state index contributed by atoms with van der Waals surface area (Å²) in [6.07, 6.45) is 6.39. The molecule has 1 fully saturated rings. The van der Waals surface area contributed by atoms with Gasteiger partial charge in [0.1, 0.15) is 6.33 Å². The minimum atomic E-state index is -0.903. The van der Waals surface area contributed by atoms with Gasteiger partial charge in [-0.05, 0) is 69.3 Å². The van der Waals surface area contributed by atoms with Crippen molar-refractivity contribution in [1.82, 2.24) is 19.9 Å². The van der Waals surface area contributed by atoms with E-state index < -0.39 is 11.8 Å². The van der Waals surface area contributed by atoms with Crippen LogP contribution >= 0.6 is 22.9 Å². The summed E-state index contributed by atoms with van der Waals surface area (Å²) >= 11 is 8.01. The van der Waals surface area contributed by atoms with E-state index in [1.165, 1.54) is 30.5 Å². The molecule has 0 radical (unpaired) electrons. The zero-order valence-electron chi connectivity index (χ0n) is 25.4. The number of aromatic nitrogens is 3. The molecule has 0 amide bonds. The van der Waals surface area contributed by atoms with Crippen molar-refractivity contribution < 1.29 is 14.3 Å². The van der Waals surface area contributed by atoms with Crippen LogP contribution in [0.1, 0.15) is 70.2 Å². The van der Waals surface area contributed by atoms with E-state index in [2.05, 4.69) is 45.1 Å². The first-order chi connectivity index (χ1) is 20.7. The predicted octanol–water partition coefficient (Wildman–Crippen LogP) is 7.23. The van der Waals surface area contributed by atoms with Gasteiger partial charge in [0.05, 0.1) is 18.7 Å². The molecule has 43 heavy (non-hydrogen) atoms. The Kier molecular flexibility index (Phi) is 11.8. The maximum absolute atomic E-state index is 16.0. The summed E-state index contributed by atoms with van der Waals surface area (Å²) in [7, 11) is 0. The van der Waals surface area contributed by atoms with Crippen LogP contribution in [-0.4, -0.2) is 68.9 Å². The van der Waals surface area contributed by atoms with Gasteiger partial charge in [-0.1, -0.05) is 43.7 Å². The van der Waals surface area contributed by atoms with Crippen molar-refractivity contribution in [2.24, 2.45) is 4.99 Å². The number of benzene rings is 1. The molecule has 0 unspecified atom stereocenters. The Morgan fingerprint density at radius 3 is 2.81 bits per heavy atom. The lowest BCUT2D eigenvalue weighted by Crippen LogP contribution is -2.31. The topological polar surface area (TPSA) is 107 Å². The normalized spacial score (nSPS) is 15.7. The number of aryl methyl sites for hydroxylation is 1. The summed E-state index contributed by atoms with van der Waals surface area (Å²) in [5.41, 5.74) is 3.64. The third-order valence-corrected chi connectivity index (χ3v) is 8.74. The number of aliphatic carboxylic acids is 1. The van der Waals surface area contributed by atoms with Crippen LogP contribution in [0.5, 0.6) is 0 Å². The van der Waals surface area contributed by atoms with Crippen molar-refractivity contribution in [1.29, 1.82) is 0 Å². The number of halogens is 2. The molecule has 4 rings (SSSR count). The molecule has 2 aromatic heterocycles. The SMILES string of the molecule is CCCN(C/C(C)=N/CCC(=O)O)c1ncnc(Nc2nc(-c3cc(Cl)cc(CC)c3)c(CN3CCC[C@H]3CC)s2)c1F. The average molecular weight is 630 g/mol. The number of nitrogens with zero attached hydrogens (tertiary/aromatic N) is 6. The van der Waals surface area contributed by atoms with Crippen LogP contribution in [0.2, 0.25) is 5.02 Å². The molecule has 1 aliphatic heterocycles. The second-order valence-corrected chi connectivity index (χ2v) is 12.4. The van der Waals surface area contributed by atoms with Crippen molar-refractivity contribution in [2.45, 2.75) is 78.8 Å². The molecule has 3 aromatic rings. The highest BCUT2D eigenvalue weighted by molar-refractivity contribution is 7.16. The summed E-state index contributed by atoms with van der Waals surface area (Å²) in [5, 5.41) is 13.3. The number of carboxylic acids is 1. The van der Waals surface area contributed by atoms with E-state index in [1.54, 1.807) is 4.90 Å². The summed E-state index contributed by atoms with van der Waals surface area (Å²) in [6, 6.07) is 6.58. The molecule has 0 aliphatic carbocycles. The van der Waals surface area contributed by atoms with E-state index in [1.807, 2.05) is 26.0 Å². The van der Waals surface area contributed by atoms with Gasteiger partial charge in [0, 0.05) is 46.9 Å². The summed E-state index contributed by atoms with van der Waals surface area (Å²) < 4.78 is 16.0. The van der Waals surface area contributed by atoms with Crippen LogP contribution in [0.25, 0.3) is 11.3 Å². The molecule has 0 spiro atoms. The zero-order valence-corrected chi connectivity index (χ0v) is 26.9. The fourth-order valence-electron chi connectivity index (χ4n) is 5.45. The standard InChI is InChI=1S/C31H41ClFN7O2S/c1-5-12-40(17-20(4)34-11-10-26(41)42)30-27(33)29(35-19-36-30)38-31-37-28(22-14-21(6-2)15-23(32)16-22)25(43-31)18-39-13-8-9-24(39)7-3/h14-16,19,24H,5-13,17-18H2,1-4H3,(H,41,42)(H,35,36,37,38)/b34-20+/t24-/m1/s1. The molecule has 1 aliphatic rings. The molecular weight excluding hydrogens is 589 g/mol. The minimum absolute atomic E-state index is 0.0476. The van der Waals surface area contributed by atoms with Crippen molar-refractivity contribution in [2.75, 3.05) is 36.4 Å². The highest BCUT2D eigenvalue weighted by Crippen LogP contribution is 2.37. The second kappa shape index (κ2) is 15.5. The summed E-state index contributed by atoms with van der Waals surface area (Å²) in [6.45, 7) is 11.0. The highest BCUT2D eigenvalue weighted by Gasteiger charge is 2.26. The van der Waals surface area contributed by atoms with E-state index in [-0.39, 0.29) is 24.6 Å². The van der Waals surface area contributed by atoms with Gasteiger partial charge < -0.3 is 15.3 Å². The lowest BCUT2D eigenvalue weighted by Gasteiger charge is -2.24.